The zero-order chi connectivity index (χ0) is 16.7. The fraction of sp³-hybridized carbons (Fsp3) is 0.333. The van der Waals surface area contributed by atoms with E-state index in [1.165, 1.54) is 0 Å². The number of nitrogens with one attached hydrogen (secondary N) is 1. The van der Waals surface area contributed by atoms with E-state index in [1.54, 1.807) is 0 Å². The molecule has 0 spiro atoms. The Morgan fingerprint density at radius 1 is 0.957 bits per heavy atom. The Kier molecular flexibility index (Phi) is 6.40. The number of aryl methyl sites for hydroxylation is 1. The maximum Gasteiger partial charge on any atom is 0.357 e. The molecule has 0 radical (unpaired) electrons. The number of hydrogen-bond donors (Lipinski definition) is 1. The maximum absolute atomic E-state index is 13.3. The van der Waals surface area contributed by atoms with Gasteiger partial charge in [-0.2, -0.15) is 0 Å². The standard InChI is InChI=1S/C18H24NO3P/c1-4-21-23(20,22-5-2)18(16-12-7-6-8-13-16)19-17-14-10-9-11-15(17)3/h6-14,18-19H,4-5H2,1-3H3. The van der Waals surface area contributed by atoms with Crippen LogP contribution in [0.5, 0.6) is 0 Å². The number of hydrogen-bond acceptors (Lipinski definition) is 4. The molecule has 0 bridgehead atoms. The number of benzene rings is 2. The molecule has 0 amide bonds. The summed E-state index contributed by atoms with van der Waals surface area (Å²) in [6.45, 7) is 6.31. The van der Waals surface area contributed by atoms with Crippen LogP contribution in [-0.4, -0.2) is 13.2 Å². The predicted octanol–water partition coefficient (Wildman–Crippen LogP) is 5.37. The van der Waals surface area contributed by atoms with Gasteiger partial charge in [-0.3, -0.25) is 4.57 Å². The second-order valence-electron chi connectivity index (χ2n) is 5.15. The Morgan fingerprint density at radius 3 is 2.09 bits per heavy atom. The molecule has 2 rings (SSSR count). The number of para-hydroxylation sites is 1. The highest BCUT2D eigenvalue weighted by atomic mass is 31.2. The van der Waals surface area contributed by atoms with Crippen molar-refractivity contribution in [3.05, 3.63) is 65.7 Å². The molecule has 2 aromatic rings. The fourth-order valence-corrected chi connectivity index (χ4v) is 4.34. The van der Waals surface area contributed by atoms with Gasteiger partial charge in [0, 0.05) is 5.69 Å². The van der Waals surface area contributed by atoms with Crippen LogP contribution >= 0.6 is 7.60 Å². The lowest BCUT2D eigenvalue weighted by atomic mass is 10.2. The van der Waals surface area contributed by atoms with Crippen molar-refractivity contribution in [2.24, 2.45) is 0 Å². The van der Waals surface area contributed by atoms with Crippen LogP contribution in [0.25, 0.3) is 0 Å². The van der Waals surface area contributed by atoms with E-state index in [0.29, 0.717) is 13.2 Å². The normalized spacial score (nSPS) is 12.8. The molecule has 1 N–H and O–H groups in total. The molecule has 0 aromatic heterocycles. The molecule has 0 aliphatic heterocycles. The second-order valence-corrected chi connectivity index (χ2v) is 7.26. The molecular weight excluding hydrogens is 309 g/mol. The highest BCUT2D eigenvalue weighted by Gasteiger charge is 2.37. The molecule has 23 heavy (non-hydrogen) atoms. The Labute approximate surface area is 138 Å². The molecule has 0 saturated heterocycles. The lowest BCUT2D eigenvalue weighted by molar-refractivity contribution is 0.214. The van der Waals surface area contributed by atoms with E-state index in [9.17, 15) is 4.57 Å². The van der Waals surface area contributed by atoms with Crippen LogP contribution in [0.4, 0.5) is 5.69 Å². The molecule has 1 unspecified atom stereocenters. The van der Waals surface area contributed by atoms with Gasteiger partial charge in [-0.1, -0.05) is 48.5 Å². The molecule has 0 heterocycles. The van der Waals surface area contributed by atoms with Crippen LogP contribution in [0.2, 0.25) is 0 Å². The Hall–Kier alpha value is -1.61. The first-order valence-electron chi connectivity index (χ1n) is 7.86. The van der Waals surface area contributed by atoms with Crippen LogP contribution < -0.4 is 5.32 Å². The highest BCUT2D eigenvalue weighted by Crippen LogP contribution is 2.60. The quantitative estimate of drug-likeness (QED) is 0.660. The van der Waals surface area contributed by atoms with E-state index in [2.05, 4.69) is 5.32 Å². The van der Waals surface area contributed by atoms with Gasteiger partial charge in [-0.25, -0.2) is 0 Å². The summed E-state index contributed by atoms with van der Waals surface area (Å²) < 4.78 is 24.5. The molecule has 2 aromatic carbocycles. The van der Waals surface area contributed by atoms with E-state index in [0.717, 1.165) is 16.8 Å². The van der Waals surface area contributed by atoms with E-state index < -0.39 is 13.4 Å². The minimum atomic E-state index is -3.35. The topological polar surface area (TPSA) is 47.6 Å². The van der Waals surface area contributed by atoms with Crippen LogP contribution in [0.1, 0.15) is 30.8 Å². The highest BCUT2D eigenvalue weighted by molar-refractivity contribution is 7.54. The maximum atomic E-state index is 13.3. The molecule has 1 atom stereocenters. The van der Waals surface area contributed by atoms with Crippen molar-refractivity contribution in [3.63, 3.8) is 0 Å². The molecule has 4 nitrogen and oxygen atoms in total. The second kappa shape index (κ2) is 8.30. The van der Waals surface area contributed by atoms with Crippen LogP contribution in [-0.2, 0) is 13.6 Å². The summed E-state index contributed by atoms with van der Waals surface area (Å²) in [4.78, 5) is 0. The summed E-state index contributed by atoms with van der Waals surface area (Å²) in [7, 11) is -3.35. The molecule has 5 heteroatoms. The molecule has 124 valence electrons. The van der Waals surface area contributed by atoms with Crippen molar-refractivity contribution >= 4 is 13.3 Å². The minimum Gasteiger partial charge on any atom is -0.368 e. The Bertz CT molecular complexity index is 650. The van der Waals surface area contributed by atoms with Gasteiger partial charge in [0.2, 0.25) is 0 Å². The largest absolute Gasteiger partial charge is 0.368 e. The molecule has 0 aliphatic rings. The number of rotatable bonds is 8. The Morgan fingerprint density at radius 2 is 1.52 bits per heavy atom. The fourth-order valence-electron chi connectivity index (χ4n) is 2.41. The van der Waals surface area contributed by atoms with Gasteiger partial charge in [-0.05, 0) is 38.0 Å². The average Bonchev–Trinajstić information content (AvgIpc) is 2.55. The minimum absolute atomic E-state index is 0.329. The van der Waals surface area contributed by atoms with Gasteiger partial charge in [0.15, 0.2) is 5.78 Å². The van der Waals surface area contributed by atoms with Crippen LogP contribution in [0.15, 0.2) is 54.6 Å². The first kappa shape index (κ1) is 17.7. The van der Waals surface area contributed by atoms with Crippen LogP contribution in [0, 0.1) is 6.92 Å². The van der Waals surface area contributed by atoms with Crippen molar-refractivity contribution in [1.82, 2.24) is 0 Å². The van der Waals surface area contributed by atoms with E-state index >= 15 is 0 Å². The van der Waals surface area contributed by atoms with Crippen molar-refractivity contribution in [2.45, 2.75) is 26.6 Å². The Balaban J connectivity index is 2.43. The summed E-state index contributed by atoms with van der Waals surface area (Å²) >= 11 is 0. The number of anilines is 1. The van der Waals surface area contributed by atoms with Crippen LogP contribution in [0.3, 0.4) is 0 Å². The van der Waals surface area contributed by atoms with Gasteiger partial charge < -0.3 is 14.4 Å². The zero-order valence-corrected chi connectivity index (χ0v) is 14.8. The van der Waals surface area contributed by atoms with E-state index in [-0.39, 0.29) is 0 Å². The summed E-state index contributed by atoms with van der Waals surface area (Å²) in [5.74, 6) is -0.551. The summed E-state index contributed by atoms with van der Waals surface area (Å²) in [6, 6.07) is 17.5. The first-order chi connectivity index (χ1) is 11.1. The van der Waals surface area contributed by atoms with Crippen molar-refractivity contribution in [3.8, 4) is 0 Å². The lowest BCUT2D eigenvalue weighted by Gasteiger charge is -2.28. The third-order valence-corrected chi connectivity index (χ3v) is 5.78. The third-order valence-electron chi connectivity index (χ3n) is 3.49. The summed E-state index contributed by atoms with van der Waals surface area (Å²) in [5.41, 5.74) is 2.87. The third kappa shape index (κ3) is 4.44. The summed E-state index contributed by atoms with van der Waals surface area (Å²) in [5, 5.41) is 3.36. The SMILES string of the molecule is CCOP(=O)(OCC)C(Nc1ccccc1C)c1ccccc1. The van der Waals surface area contributed by atoms with Gasteiger partial charge >= 0.3 is 7.60 Å². The molecule has 0 fully saturated rings. The monoisotopic (exact) mass is 333 g/mol. The first-order valence-corrected chi connectivity index (χ1v) is 9.47. The molecular formula is C18H24NO3P. The van der Waals surface area contributed by atoms with Gasteiger partial charge in [0.25, 0.3) is 0 Å². The molecule has 0 aliphatic carbocycles. The van der Waals surface area contributed by atoms with Gasteiger partial charge in [-0.15, -0.1) is 0 Å². The predicted molar refractivity (Wildman–Crippen MR) is 94.8 cm³/mol. The van der Waals surface area contributed by atoms with Gasteiger partial charge in [0.1, 0.15) is 0 Å². The average molecular weight is 333 g/mol. The van der Waals surface area contributed by atoms with E-state index in [1.807, 2.05) is 75.4 Å². The van der Waals surface area contributed by atoms with E-state index in [4.69, 9.17) is 9.05 Å². The molecule has 0 saturated carbocycles. The van der Waals surface area contributed by atoms with Crippen molar-refractivity contribution in [1.29, 1.82) is 0 Å². The van der Waals surface area contributed by atoms with Gasteiger partial charge in [0.05, 0.1) is 13.2 Å². The smallest absolute Gasteiger partial charge is 0.357 e. The van der Waals surface area contributed by atoms with Crippen molar-refractivity contribution in [2.75, 3.05) is 18.5 Å². The lowest BCUT2D eigenvalue weighted by Crippen LogP contribution is -2.15. The zero-order valence-electron chi connectivity index (χ0n) is 13.9. The summed E-state index contributed by atoms with van der Waals surface area (Å²) in [6.07, 6.45) is 0. The van der Waals surface area contributed by atoms with Crippen molar-refractivity contribution < 1.29 is 13.6 Å².